The van der Waals surface area contributed by atoms with E-state index in [1.165, 1.54) is 12.1 Å². The zero-order chi connectivity index (χ0) is 24.0. The van der Waals surface area contributed by atoms with E-state index in [1.807, 2.05) is 52.0 Å². The highest BCUT2D eigenvalue weighted by atomic mass is 19.1. The molecule has 0 heterocycles. The molecule has 3 aromatic carbocycles. The number of rotatable bonds is 8. The largest absolute Gasteiger partial charge is 0.350 e. The van der Waals surface area contributed by atoms with Crippen molar-refractivity contribution in [3.05, 3.63) is 83.7 Å². The van der Waals surface area contributed by atoms with E-state index >= 15 is 0 Å². The second kappa shape index (κ2) is 10.6. The fourth-order valence-corrected chi connectivity index (χ4v) is 4.05. The number of fused-ring (bicyclic) bond motifs is 1. The lowest BCUT2D eigenvalue weighted by atomic mass is 10.00. The average Bonchev–Trinajstić information content (AvgIpc) is 2.77. The summed E-state index contributed by atoms with van der Waals surface area (Å²) in [6, 6.07) is 19.7. The lowest BCUT2D eigenvalue weighted by molar-refractivity contribution is -0.142. The van der Waals surface area contributed by atoms with Gasteiger partial charge in [0.15, 0.2) is 0 Å². The Hall–Kier alpha value is -3.21. The summed E-state index contributed by atoms with van der Waals surface area (Å²) in [5.74, 6) is -0.598. The molecule has 0 unspecified atom stereocenters. The Morgan fingerprint density at radius 2 is 1.64 bits per heavy atom. The predicted octanol–water partition coefficient (Wildman–Crippen LogP) is 5.63. The average molecular weight is 449 g/mol. The fraction of sp³-hybridized carbons (Fsp3) is 0.357. The molecule has 4 nitrogen and oxygen atoms in total. The van der Waals surface area contributed by atoms with Gasteiger partial charge in [0, 0.05) is 18.5 Å². The number of carbonyl (C=O) groups is 2. The zero-order valence-corrected chi connectivity index (χ0v) is 19.9. The summed E-state index contributed by atoms with van der Waals surface area (Å²) in [5, 5.41) is 5.28. The minimum atomic E-state index is -0.603. The second-order valence-electron chi connectivity index (χ2n) is 9.45. The van der Waals surface area contributed by atoms with Crippen LogP contribution in [0.15, 0.2) is 66.7 Å². The highest BCUT2D eigenvalue weighted by Crippen LogP contribution is 2.21. The third-order valence-corrected chi connectivity index (χ3v) is 5.64. The molecule has 0 aliphatic rings. The highest BCUT2D eigenvalue weighted by molar-refractivity contribution is 5.89. The van der Waals surface area contributed by atoms with Crippen LogP contribution in [0.1, 0.15) is 51.7 Å². The third-order valence-electron chi connectivity index (χ3n) is 5.64. The van der Waals surface area contributed by atoms with Crippen LogP contribution in [0.2, 0.25) is 0 Å². The number of hydrogen-bond donors (Lipinski definition) is 1. The Morgan fingerprint density at radius 3 is 2.30 bits per heavy atom. The fourth-order valence-electron chi connectivity index (χ4n) is 4.05. The van der Waals surface area contributed by atoms with E-state index in [-0.39, 0.29) is 30.6 Å². The van der Waals surface area contributed by atoms with Crippen molar-refractivity contribution < 1.29 is 14.0 Å². The van der Waals surface area contributed by atoms with Gasteiger partial charge in [-0.2, -0.15) is 0 Å². The van der Waals surface area contributed by atoms with Crippen LogP contribution < -0.4 is 5.32 Å². The number of aryl methyl sites for hydroxylation is 1. The van der Waals surface area contributed by atoms with E-state index in [0.29, 0.717) is 12.8 Å². The van der Waals surface area contributed by atoms with Gasteiger partial charge in [-0.05, 0) is 67.6 Å². The van der Waals surface area contributed by atoms with Crippen LogP contribution in [0.25, 0.3) is 10.8 Å². The molecule has 0 aliphatic heterocycles. The monoisotopic (exact) mass is 448 g/mol. The summed E-state index contributed by atoms with van der Waals surface area (Å²) in [7, 11) is 0. The zero-order valence-electron chi connectivity index (χ0n) is 19.9. The number of nitrogens with zero attached hydrogens (tertiary/aromatic N) is 1. The number of benzene rings is 3. The Labute approximate surface area is 195 Å². The van der Waals surface area contributed by atoms with Gasteiger partial charge in [0.05, 0.1) is 0 Å². The Balaban J connectivity index is 1.84. The molecule has 3 aromatic rings. The second-order valence-corrected chi connectivity index (χ2v) is 9.45. The molecule has 1 atom stereocenters. The first-order chi connectivity index (χ1) is 15.7. The molecule has 0 aliphatic carbocycles. The van der Waals surface area contributed by atoms with Gasteiger partial charge in [0.2, 0.25) is 11.8 Å². The first-order valence-corrected chi connectivity index (χ1v) is 11.5. The summed E-state index contributed by atoms with van der Waals surface area (Å²) in [6.07, 6.45) is 1.36. The number of hydrogen-bond acceptors (Lipinski definition) is 2. The standard InChI is InChI=1S/C28H33FN2O2/c1-5-25(27(33)30-28(2,3)4)31(19-20-13-16-23(29)17-14-20)26(32)18-15-22-11-8-10-21-9-6-7-12-24(21)22/h6-14,16-17,25H,5,15,18-19H2,1-4H3,(H,30,33)/t25-/m0/s1. The molecule has 3 rings (SSSR count). The molecule has 2 amide bonds. The van der Waals surface area contributed by atoms with Crippen molar-refractivity contribution in [3.8, 4) is 0 Å². The van der Waals surface area contributed by atoms with Crippen molar-refractivity contribution in [2.45, 2.75) is 65.1 Å². The molecule has 0 fully saturated rings. The van der Waals surface area contributed by atoms with Crippen molar-refractivity contribution >= 4 is 22.6 Å². The van der Waals surface area contributed by atoms with E-state index < -0.39 is 11.6 Å². The van der Waals surface area contributed by atoms with Gasteiger partial charge < -0.3 is 10.2 Å². The number of amides is 2. The summed E-state index contributed by atoms with van der Waals surface area (Å²) < 4.78 is 13.4. The van der Waals surface area contributed by atoms with Gasteiger partial charge in [-0.15, -0.1) is 0 Å². The normalized spacial score (nSPS) is 12.4. The lowest BCUT2D eigenvalue weighted by Gasteiger charge is -2.33. The van der Waals surface area contributed by atoms with E-state index in [9.17, 15) is 14.0 Å². The maximum absolute atomic E-state index is 13.5. The predicted molar refractivity (Wildman–Crippen MR) is 131 cm³/mol. The summed E-state index contributed by atoms with van der Waals surface area (Å²) in [5.41, 5.74) is 1.49. The third kappa shape index (κ3) is 6.64. The maximum atomic E-state index is 13.5. The first kappa shape index (κ1) is 24.4. The van der Waals surface area contributed by atoms with Gasteiger partial charge in [0.1, 0.15) is 11.9 Å². The van der Waals surface area contributed by atoms with Gasteiger partial charge in [-0.3, -0.25) is 9.59 Å². The van der Waals surface area contributed by atoms with Crippen molar-refractivity contribution in [3.63, 3.8) is 0 Å². The molecular weight excluding hydrogens is 415 g/mol. The van der Waals surface area contributed by atoms with Gasteiger partial charge in [-0.1, -0.05) is 61.5 Å². The molecule has 0 spiro atoms. The van der Waals surface area contributed by atoms with E-state index in [0.717, 1.165) is 21.9 Å². The van der Waals surface area contributed by atoms with Crippen LogP contribution in [-0.4, -0.2) is 28.3 Å². The molecule has 5 heteroatoms. The summed E-state index contributed by atoms with van der Waals surface area (Å²) >= 11 is 0. The van der Waals surface area contributed by atoms with Gasteiger partial charge in [0.25, 0.3) is 0 Å². The molecule has 0 saturated carbocycles. The van der Waals surface area contributed by atoms with Crippen molar-refractivity contribution in [1.29, 1.82) is 0 Å². The summed E-state index contributed by atoms with van der Waals surface area (Å²) in [4.78, 5) is 28.2. The lowest BCUT2D eigenvalue weighted by Crippen LogP contribution is -2.53. The number of halogens is 1. The maximum Gasteiger partial charge on any atom is 0.243 e. The minimum Gasteiger partial charge on any atom is -0.350 e. The molecule has 0 saturated heterocycles. The van der Waals surface area contributed by atoms with Crippen LogP contribution >= 0.6 is 0 Å². The SMILES string of the molecule is CC[C@@H](C(=O)NC(C)(C)C)N(Cc1ccc(F)cc1)C(=O)CCc1cccc2ccccc12. The molecule has 0 radical (unpaired) electrons. The van der Waals surface area contributed by atoms with E-state index in [4.69, 9.17) is 0 Å². The van der Waals surface area contributed by atoms with Gasteiger partial charge in [-0.25, -0.2) is 4.39 Å². The molecule has 33 heavy (non-hydrogen) atoms. The Bertz CT molecular complexity index is 1100. The molecule has 0 aromatic heterocycles. The van der Waals surface area contributed by atoms with Crippen LogP contribution in [0.3, 0.4) is 0 Å². The van der Waals surface area contributed by atoms with Crippen LogP contribution in [0.4, 0.5) is 4.39 Å². The molecular formula is C28H33FN2O2. The number of nitrogens with one attached hydrogen (secondary N) is 1. The van der Waals surface area contributed by atoms with Crippen molar-refractivity contribution in [2.24, 2.45) is 0 Å². The van der Waals surface area contributed by atoms with Gasteiger partial charge >= 0.3 is 0 Å². The van der Waals surface area contributed by atoms with Crippen LogP contribution in [0.5, 0.6) is 0 Å². The van der Waals surface area contributed by atoms with E-state index in [2.05, 4.69) is 23.5 Å². The smallest absolute Gasteiger partial charge is 0.243 e. The Kier molecular flexibility index (Phi) is 7.85. The summed E-state index contributed by atoms with van der Waals surface area (Å²) in [6.45, 7) is 7.92. The number of carbonyl (C=O) groups excluding carboxylic acids is 2. The molecule has 174 valence electrons. The van der Waals surface area contributed by atoms with E-state index in [1.54, 1.807) is 17.0 Å². The highest BCUT2D eigenvalue weighted by Gasteiger charge is 2.30. The van der Waals surface area contributed by atoms with Crippen molar-refractivity contribution in [2.75, 3.05) is 0 Å². The quantitative estimate of drug-likeness (QED) is 0.485. The van der Waals surface area contributed by atoms with Crippen LogP contribution in [-0.2, 0) is 22.6 Å². The van der Waals surface area contributed by atoms with Crippen molar-refractivity contribution in [1.82, 2.24) is 10.2 Å². The Morgan fingerprint density at radius 1 is 0.970 bits per heavy atom. The first-order valence-electron chi connectivity index (χ1n) is 11.5. The topological polar surface area (TPSA) is 49.4 Å². The minimum absolute atomic E-state index is 0.0943. The molecule has 0 bridgehead atoms. The molecule has 1 N–H and O–H groups in total. The van der Waals surface area contributed by atoms with Crippen LogP contribution in [0, 0.1) is 5.82 Å².